The highest BCUT2D eigenvalue weighted by atomic mass is 32.2. The summed E-state index contributed by atoms with van der Waals surface area (Å²) < 4.78 is 72.6. The number of hydrogen-bond donors (Lipinski definition) is 1. The molecule has 1 saturated carbocycles. The first-order chi connectivity index (χ1) is 16.6. The number of nitrogens with zero attached hydrogens (tertiary/aromatic N) is 3. The van der Waals surface area contributed by atoms with Gasteiger partial charge in [-0.25, -0.2) is 13.1 Å². The van der Waals surface area contributed by atoms with Crippen molar-refractivity contribution in [1.29, 1.82) is 0 Å². The fraction of sp³-hybridized carbons (Fsp3) is 0.417. The van der Waals surface area contributed by atoms with Crippen molar-refractivity contribution in [2.75, 3.05) is 0 Å². The van der Waals surface area contributed by atoms with Crippen molar-refractivity contribution in [1.82, 2.24) is 19.5 Å². The molecule has 1 heterocycles. The molecule has 1 aliphatic carbocycles. The Hall–Kier alpha value is -2.92. The quantitative estimate of drug-likeness (QED) is 0.476. The smallest absolute Gasteiger partial charge is 0.406 e. The maximum Gasteiger partial charge on any atom is 0.573 e. The SMILES string of the molecule is CCc1cc(-c2ccc(OC(F)(F)F)cc2)ccc1S(=O)(=O)N[C@H]1CCC[C@@H](n2cnnc2C)C1. The van der Waals surface area contributed by atoms with Gasteiger partial charge in [0.1, 0.15) is 17.9 Å². The van der Waals surface area contributed by atoms with E-state index in [2.05, 4.69) is 19.7 Å². The molecule has 0 aliphatic heterocycles. The second-order valence-corrected chi connectivity index (χ2v) is 10.4. The van der Waals surface area contributed by atoms with Gasteiger partial charge >= 0.3 is 6.36 Å². The lowest BCUT2D eigenvalue weighted by molar-refractivity contribution is -0.274. The standard InChI is InChI=1S/C24H27F3N4O3S/c1-3-17-13-19(18-7-10-22(11-8-18)34-24(25,26)27)9-12-23(17)35(32,33)30-20-5-4-6-21(14-20)31-15-28-29-16(31)2/h7-13,15,20-21,30H,3-6,14H2,1-2H3/t20-,21+/m0/s1. The molecule has 0 bridgehead atoms. The first kappa shape index (κ1) is 25.2. The Morgan fingerprint density at radius 2 is 1.83 bits per heavy atom. The fourth-order valence-electron chi connectivity index (χ4n) is 4.61. The van der Waals surface area contributed by atoms with E-state index in [9.17, 15) is 21.6 Å². The van der Waals surface area contributed by atoms with Crippen LogP contribution in [0.2, 0.25) is 0 Å². The number of sulfonamides is 1. The third-order valence-corrected chi connectivity index (χ3v) is 7.89. The van der Waals surface area contributed by atoms with E-state index in [4.69, 9.17) is 0 Å². The Morgan fingerprint density at radius 3 is 2.46 bits per heavy atom. The molecule has 1 aromatic heterocycles. The van der Waals surface area contributed by atoms with Crippen LogP contribution in [0, 0.1) is 6.92 Å². The van der Waals surface area contributed by atoms with Gasteiger partial charge in [-0.15, -0.1) is 23.4 Å². The average Bonchev–Trinajstić information content (AvgIpc) is 3.24. The predicted octanol–water partition coefficient (Wildman–Crippen LogP) is 5.18. The number of rotatable bonds is 7. The highest BCUT2D eigenvalue weighted by Gasteiger charge is 2.31. The number of aryl methyl sites for hydroxylation is 2. The molecule has 1 fully saturated rings. The molecule has 2 aromatic carbocycles. The normalized spacial score (nSPS) is 19.0. The monoisotopic (exact) mass is 508 g/mol. The predicted molar refractivity (Wildman–Crippen MR) is 124 cm³/mol. The Morgan fingerprint density at radius 1 is 1.11 bits per heavy atom. The lowest BCUT2D eigenvalue weighted by atomic mass is 9.91. The van der Waals surface area contributed by atoms with E-state index in [1.807, 2.05) is 18.4 Å². The minimum Gasteiger partial charge on any atom is -0.406 e. The van der Waals surface area contributed by atoms with Crippen LogP contribution in [0.5, 0.6) is 5.75 Å². The molecule has 1 N–H and O–H groups in total. The van der Waals surface area contributed by atoms with E-state index in [0.29, 0.717) is 29.5 Å². The van der Waals surface area contributed by atoms with Crippen LogP contribution in [0.25, 0.3) is 11.1 Å². The molecule has 11 heteroatoms. The number of nitrogens with one attached hydrogen (secondary N) is 1. The lowest BCUT2D eigenvalue weighted by Gasteiger charge is -2.30. The van der Waals surface area contributed by atoms with Crippen molar-refractivity contribution in [3.8, 4) is 16.9 Å². The molecular formula is C24H27F3N4O3S. The van der Waals surface area contributed by atoms with Gasteiger partial charge in [0.25, 0.3) is 0 Å². The number of benzene rings is 2. The summed E-state index contributed by atoms with van der Waals surface area (Å²) in [5.41, 5.74) is 2.00. The third-order valence-electron chi connectivity index (χ3n) is 6.27. The van der Waals surface area contributed by atoms with Crippen molar-refractivity contribution < 1.29 is 26.3 Å². The van der Waals surface area contributed by atoms with E-state index in [1.54, 1.807) is 24.5 Å². The largest absolute Gasteiger partial charge is 0.573 e. The van der Waals surface area contributed by atoms with E-state index in [0.717, 1.165) is 25.1 Å². The Bertz CT molecular complexity index is 1270. The molecule has 188 valence electrons. The van der Waals surface area contributed by atoms with Crippen LogP contribution in [-0.4, -0.2) is 35.6 Å². The van der Waals surface area contributed by atoms with Crippen molar-refractivity contribution in [3.05, 3.63) is 60.2 Å². The molecule has 35 heavy (non-hydrogen) atoms. The third kappa shape index (κ3) is 6.02. The van der Waals surface area contributed by atoms with Gasteiger partial charge in [-0.1, -0.05) is 25.1 Å². The zero-order chi connectivity index (χ0) is 25.2. The van der Waals surface area contributed by atoms with E-state index < -0.39 is 16.4 Å². The molecule has 4 rings (SSSR count). The van der Waals surface area contributed by atoms with Gasteiger partial charge in [0.15, 0.2) is 0 Å². The summed E-state index contributed by atoms with van der Waals surface area (Å²) in [6, 6.07) is 10.4. The number of ether oxygens (including phenoxy) is 1. The van der Waals surface area contributed by atoms with Crippen LogP contribution < -0.4 is 9.46 Å². The van der Waals surface area contributed by atoms with Crippen LogP contribution in [0.3, 0.4) is 0 Å². The van der Waals surface area contributed by atoms with Crippen LogP contribution in [0.4, 0.5) is 13.2 Å². The summed E-state index contributed by atoms with van der Waals surface area (Å²) in [6.45, 7) is 3.75. The van der Waals surface area contributed by atoms with Crippen molar-refractivity contribution in [2.24, 2.45) is 0 Å². The molecule has 3 aromatic rings. The first-order valence-corrected chi connectivity index (χ1v) is 12.9. The highest BCUT2D eigenvalue weighted by Crippen LogP contribution is 2.32. The van der Waals surface area contributed by atoms with Gasteiger partial charge in [0, 0.05) is 12.1 Å². The maximum absolute atomic E-state index is 13.3. The van der Waals surface area contributed by atoms with Gasteiger partial charge < -0.3 is 9.30 Å². The molecule has 0 radical (unpaired) electrons. The molecule has 0 spiro atoms. The lowest BCUT2D eigenvalue weighted by Crippen LogP contribution is -2.39. The summed E-state index contributed by atoms with van der Waals surface area (Å²) in [5.74, 6) is 0.494. The Kier molecular flexibility index (Phi) is 7.18. The van der Waals surface area contributed by atoms with E-state index in [-0.39, 0.29) is 22.7 Å². The van der Waals surface area contributed by atoms with E-state index >= 15 is 0 Å². The van der Waals surface area contributed by atoms with Crippen LogP contribution in [0.1, 0.15) is 50.0 Å². The Balaban J connectivity index is 1.51. The van der Waals surface area contributed by atoms with Crippen LogP contribution in [-0.2, 0) is 16.4 Å². The van der Waals surface area contributed by atoms with Crippen molar-refractivity contribution >= 4 is 10.0 Å². The highest BCUT2D eigenvalue weighted by molar-refractivity contribution is 7.89. The zero-order valence-electron chi connectivity index (χ0n) is 19.4. The summed E-state index contributed by atoms with van der Waals surface area (Å²) in [5, 5.41) is 7.97. The number of hydrogen-bond acceptors (Lipinski definition) is 5. The van der Waals surface area contributed by atoms with Gasteiger partial charge in [-0.05, 0) is 80.0 Å². The van der Waals surface area contributed by atoms with Gasteiger partial charge in [-0.3, -0.25) is 0 Å². The van der Waals surface area contributed by atoms with Crippen LogP contribution in [0.15, 0.2) is 53.7 Å². The summed E-state index contributed by atoms with van der Waals surface area (Å²) in [6.07, 6.45) is 0.653. The van der Waals surface area contributed by atoms with Crippen molar-refractivity contribution in [3.63, 3.8) is 0 Å². The van der Waals surface area contributed by atoms with Gasteiger partial charge in [-0.2, -0.15) is 0 Å². The molecule has 1 aliphatic rings. The second kappa shape index (κ2) is 9.98. The topological polar surface area (TPSA) is 86.1 Å². The fourth-order valence-corrected chi connectivity index (χ4v) is 6.19. The summed E-state index contributed by atoms with van der Waals surface area (Å²) in [7, 11) is -3.77. The zero-order valence-corrected chi connectivity index (χ0v) is 20.2. The minimum atomic E-state index is -4.76. The molecule has 0 unspecified atom stereocenters. The maximum atomic E-state index is 13.3. The molecular weight excluding hydrogens is 481 g/mol. The van der Waals surface area contributed by atoms with Gasteiger partial charge in [0.2, 0.25) is 10.0 Å². The van der Waals surface area contributed by atoms with Crippen LogP contribution >= 0.6 is 0 Å². The minimum absolute atomic E-state index is 0.142. The average molecular weight is 509 g/mol. The van der Waals surface area contributed by atoms with Gasteiger partial charge in [0.05, 0.1) is 4.90 Å². The number of aromatic nitrogens is 3. The summed E-state index contributed by atoms with van der Waals surface area (Å²) >= 11 is 0. The molecule has 7 nitrogen and oxygen atoms in total. The molecule has 0 amide bonds. The van der Waals surface area contributed by atoms with Crippen molar-refractivity contribution in [2.45, 2.75) is 69.3 Å². The Labute approximate surface area is 202 Å². The summed E-state index contributed by atoms with van der Waals surface area (Å²) in [4.78, 5) is 0.211. The first-order valence-electron chi connectivity index (χ1n) is 11.4. The molecule has 0 saturated heterocycles. The molecule has 2 atom stereocenters. The number of alkyl halides is 3. The van der Waals surface area contributed by atoms with E-state index in [1.165, 1.54) is 24.3 Å². The second-order valence-electron chi connectivity index (χ2n) is 8.67. The number of halogens is 3.